The second-order valence-electron chi connectivity index (χ2n) is 6.04. The molecule has 0 atom stereocenters. The predicted octanol–water partition coefficient (Wildman–Crippen LogP) is 2.91. The molecule has 0 saturated heterocycles. The molecule has 0 radical (unpaired) electrons. The molecule has 0 spiro atoms. The van der Waals surface area contributed by atoms with Crippen molar-refractivity contribution in [1.29, 1.82) is 0 Å². The summed E-state index contributed by atoms with van der Waals surface area (Å²) in [5.74, 6) is 1.64. The first-order valence-corrected chi connectivity index (χ1v) is 9.30. The van der Waals surface area contributed by atoms with Crippen LogP contribution < -0.4 is 5.32 Å². The third-order valence-corrected chi connectivity index (χ3v) is 5.09. The average Bonchev–Trinajstić information content (AvgIpc) is 2.76. The first-order valence-electron chi connectivity index (χ1n) is 8.15. The summed E-state index contributed by atoms with van der Waals surface area (Å²) in [4.78, 5) is 16.1. The van der Waals surface area contributed by atoms with E-state index in [0.717, 1.165) is 42.9 Å². The topological polar surface area (TPSA) is 62.2 Å². The van der Waals surface area contributed by atoms with Gasteiger partial charge in [0.1, 0.15) is 0 Å². The zero-order valence-electron chi connectivity index (χ0n) is 13.1. The molecular formula is C17H26N2O2S. The Morgan fingerprint density at radius 1 is 1.27 bits per heavy atom. The highest BCUT2D eigenvalue weighted by atomic mass is 32.2. The Labute approximate surface area is 137 Å². The van der Waals surface area contributed by atoms with Gasteiger partial charge in [-0.2, -0.15) is 11.8 Å². The lowest BCUT2D eigenvalue weighted by molar-refractivity contribution is -0.122. The van der Waals surface area contributed by atoms with Crippen molar-refractivity contribution in [3.8, 4) is 0 Å². The molecule has 4 nitrogen and oxygen atoms in total. The first-order chi connectivity index (χ1) is 10.7. The largest absolute Gasteiger partial charge is 0.388 e. The van der Waals surface area contributed by atoms with Crippen LogP contribution >= 0.6 is 11.8 Å². The molecule has 2 N–H and O–H groups in total. The number of rotatable bonds is 7. The van der Waals surface area contributed by atoms with Gasteiger partial charge < -0.3 is 10.4 Å². The van der Waals surface area contributed by atoms with E-state index in [-0.39, 0.29) is 5.91 Å². The third kappa shape index (κ3) is 6.36. The number of nitrogens with zero attached hydrogens (tertiary/aromatic N) is 1. The van der Waals surface area contributed by atoms with Crippen molar-refractivity contribution in [1.82, 2.24) is 10.3 Å². The lowest BCUT2D eigenvalue weighted by Gasteiger charge is -2.26. The third-order valence-electron chi connectivity index (χ3n) is 4.10. The van der Waals surface area contributed by atoms with Gasteiger partial charge >= 0.3 is 0 Å². The van der Waals surface area contributed by atoms with Crippen LogP contribution in [-0.4, -0.2) is 33.9 Å². The van der Waals surface area contributed by atoms with Crippen molar-refractivity contribution in [3.63, 3.8) is 0 Å². The molecule has 22 heavy (non-hydrogen) atoms. The molecule has 1 aliphatic rings. The van der Waals surface area contributed by atoms with Gasteiger partial charge in [-0.25, -0.2) is 0 Å². The Kier molecular flexibility index (Phi) is 7.19. The van der Waals surface area contributed by atoms with E-state index in [0.29, 0.717) is 13.0 Å². The van der Waals surface area contributed by atoms with Crippen molar-refractivity contribution in [2.24, 2.45) is 0 Å². The summed E-state index contributed by atoms with van der Waals surface area (Å²) < 4.78 is 0. The number of thioether (sulfide) groups is 1. The Morgan fingerprint density at radius 2 is 2.05 bits per heavy atom. The Bertz CT molecular complexity index is 445. The highest BCUT2D eigenvalue weighted by Gasteiger charge is 2.28. The van der Waals surface area contributed by atoms with E-state index in [1.807, 2.05) is 18.2 Å². The number of carbonyl (C=O) groups is 1. The minimum atomic E-state index is -0.687. The highest BCUT2D eigenvalue weighted by molar-refractivity contribution is 7.98. The van der Waals surface area contributed by atoms with Gasteiger partial charge in [0.05, 0.1) is 11.3 Å². The average molecular weight is 322 g/mol. The molecule has 0 bridgehead atoms. The fraction of sp³-hybridized carbons (Fsp3) is 0.647. The number of nitrogens with one attached hydrogen (secondary N) is 1. The van der Waals surface area contributed by atoms with Crippen molar-refractivity contribution in [2.45, 2.75) is 56.3 Å². The molecule has 0 aliphatic heterocycles. The summed E-state index contributed by atoms with van der Waals surface area (Å²) in [5.41, 5.74) is 0.355. The molecule has 1 amide bonds. The number of aliphatic hydroxyl groups is 1. The maximum absolute atomic E-state index is 11.9. The van der Waals surface area contributed by atoms with Crippen molar-refractivity contribution >= 4 is 17.7 Å². The van der Waals surface area contributed by atoms with E-state index in [1.54, 1.807) is 18.0 Å². The van der Waals surface area contributed by atoms with E-state index < -0.39 is 5.60 Å². The van der Waals surface area contributed by atoms with Crippen LogP contribution in [0.5, 0.6) is 0 Å². The molecule has 1 heterocycles. The molecule has 1 fully saturated rings. The summed E-state index contributed by atoms with van der Waals surface area (Å²) >= 11 is 1.71. The van der Waals surface area contributed by atoms with E-state index in [1.165, 1.54) is 12.8 Å². The first kappa shape index (κ1) is 17.3. The minimum Gasteiger partial charge on any atom is -0.388 e. The molecule has 0 unspecified atom stereocenters. The van der Waals surface area contributed by atoms with Crippen LogP contribution in [0.15, 0.2) is 24.4 Å². The lowest BCUT2D eigenvalue weighted by atomic mass is 9.94. The maximum Gasteiger partial charge on any atom is 0.220 e. The van der Waals surface area contributed by atoms with Crippen LogP contribution in [-0.2, 0) is 10.5 Å². The zero-order valence-corrected chi connectivity index (χ0v) is 13.9. The lowest BCUT2D eigenvalue weighted by Crippen LogP contribution is -2.42. The van der Waals surface area contributed by atoms with Gasteiger partial charge in [-0.05, 0) is 25.0 Å². The van der Waals surface area contributed by atoms with Crippen molar-refractivity contribution < 1.29 is 9.90 Å². The molecule has 5 heteroatoms. The Balaban J connectivity index is 1.59. The van der Waals surface area contributed by atoms with Crippen LogP contribution in [0.3, 0.4) is 0 Å². The number of hydrogen-bond acceptors (Lipinski definition) is 4. The SMILES string of the molecule is O=C(CCSCc1ccccn1)NCC1(O)CCCCCC1. The van der Waals surface area contributed by atoms with Crippen LogP contribution in [0.2, 0.25) is 0 Å². The summed E-state index contributed by atoms with van der Waals surface area (Å²) in [5, 5.41) is 13.4. The highest BCUT2D eigenvalue weighted by Crippen LogP contribution is 2.26. The molecule has 1 saturated carbocycles. The minimum absolute atomic E-state index is 0.0335. The number of aromatic nitrogens is 1. The van der Waals surface area contributed by atoms with Gasteiger partial charge in [-0.3, -0.25) is 9.78 Å². The fourth-order valence-electron chi connectivity index (χ4n) is 2.74. The van der Waals surface area contributed by atoms with Crippen LogP contribution in [0, 0.1) is 0 Å². The molecule has 1 aliphatic carbocycles. The molecule has 0 aromatic carbocycles. The van der Waals surface area contributed by atoms with E-state index in [2.05, 4.69) is 10.3 Å². The molecular weight excluding hydrogens is 296 g/mol. The normalized spacial score (nSPS) is 17.7. The van der Waals surface area contributed by atoms with Crippen molar-refractivity contribution in [2.75, 3.05) is 12.3 Å². The van der Waals surface area contributed by atoms with Crippen molar-refractivity contribution in [3.05, 3.63) is 30.1 Å². The van der Waals surface area contributed by atoms with Crippen LogP contribution in [0.4, 0.5) is 0 Å². The maximum atomic E-state index is 11.9. The molecule has 1 aromatic rings. The zero-order chi connectivity index (χ0) is 15.7. The van der Waals surface area contributed by atoms with Gasteiger partial charge in [-0.1, -0.05) is 31.7 Å². The van der Waals surface area contributed by atoms with E-state index in [9.17, 15) is 9.90 Å². The van der Waals surface area contributed by atoms with Gasteiger partial charge in [0.2, 0.25) is 5.91 Å². The molecule has 122 valence electrons. The molecule has 2 rings (SSSR count). The van der Waals surface area contributed by atoms with Gasteiger partial charge in [-0.15, -0.1) is 0 Å². The summed E-state index contributed by atoms with van der Waals surface area (Å²) in [6.07, 6.45) is 8.41. The summed E-state index contributed by atoms with van der Waals surface area (Å²) in [6, 6.07) is 5.87. The Hall–Kier alpha value is -1.07. The Morgan fingerprint density at radius 3 is 2.73 bits per heavy atom. The summed E-state index contributed by atoms with van der Waals surface area (Å²) in [6.45, 7) is 0.400. The smallest absolute Gasteiger partial charge is 0.220 e. The predicted molar refractivity (Wildman–Crippen MR) is 90.7 cm³/mol. The number of hydrogen-bond donors (Lipinski definition) is 2. The van der Waals surface area contributed by atoms with Gasteiger partial charge in [0, 0.05) is 30.7 Å². The quantitative estimate of drug-likeness (QED) is 0.598. The van der Waals surface area contributed by atoms with Gasteiger partial charge in [0.15, 0.2) is 0 Å². The van der Waals surface area contributed by atoms with E-state index in [4.69, 9.17) is 0 Å². The molecule has 1 aromatic heterocycles. The standard InChI is InChI=1S/C17H26N2O2S/c20-16(8-12-22-13-15-7-3-6-11-18-15)19-14-17(21)9-4-1-2-5-10-17/h3,6-7,11,21H,1-2,4-5,8-10,12-14H2,(H,19,20). The monoisotopic (exact) mass is 322 g/mol. The number of amides is 1. The second kappa shape index (κ2) is 9.16. The summed E-state index contributed by atoms with van der Waals surface area (Å²) in [7, 11) is 0. The van der Waals surface area contributed by atoms with Crippen LogP contribution in [0.1, 0.15) is 50.6 Å². The number of carbonyl (C=O) groups excluding carboxylic acids is 1. The van der Waals surface area contributed by atoms with Gasteiger partial charge in [0.25, 0.3) is 0 Å². The van der Waals surface area contributed by atoms with E-state index >= 15 is 0 Å². The van der Waals surface area contributed by atoms with Crippen LogP contribution in [0.25, 0.3) is 0 Å². The fourth-order valence-corrected chi connectivity index (χ4v) is 3.59. The second-order valence-corrected chi connectivity index (χ2v) is 7.14. The number of pyridine rings is 1.